The van der Waals surface area contributed by atoms with Gasteiger partial charge in [0.15, 0.2) is 0 Å². The molecule has 0 fully saturated rings. The van der Waals surface area contributed by atoms with Crippen LogP contribution in [0.5, 0.6) is 0 Å². The van der Waals surface area contributed by atoms with Crippen LogP contribution in [0.4, 0.5) is 13.2 Å². The molecule has 0 aliphatic rings. The van der Waals surface area contributed by atoms with Crippen molar-refractivity contribution in [2.24, 2.45) is 0 Å². The fraction of sp³-hybridized carbons (Fsp3) is 0.278. The first-order valence-electron chi connectivity index (χ1n) is 7.77. The molecule has 0 spiro atoms. The quantitative estimate of drug-likeness (QED) is 0.738. The van der Waals surface area contributed by atoms with Crippen LogP contribution in [0, 0.1) is 0 Å². The van der Waals surface area contributed by atoms with E-state index < -0.39 is 18.1 Å². The first kappa shape index (κ1) is 17.4. The summed E-state index contributed by atoms with van der Waals surface area (Å²) in [6.45, 7) is -0.0302. The Bertz CT molecular complexity index is 831. The molecule has 0 amide bonds. The number of imidazole rings is 1. The van der Waals surface area contributed by atoms with Crippen LogP contribution >= 0.6 is 0 Å². The second kappa shape index (κ2) is 7.25. The van der Waals surface area contributed by atoms with Crippen molar-refractivity contribution in [1.82, 2.24) is 9.55 Å². The molecular formula is C18H17F3N2O2. The van der Waals surface area contributed by atoms with Crippen molar-refractivity contribution in [1.29, 1.82) is 0 Å². The van der Waals surface area contributed by atoms with Crippen molar-refractivity contribution >= 4 is 11.0 Å². The van der Waals surface area contributed by atoms with Gasteiger partial charge in [0, 0.05) is 0 Å². The van der Waals surface area contributed by atoms with Crippen LogP contribution in [0.3, 0.4) is 0 Å². The van der Waals surface area contributed by atoms with Crippen LogP contribution in [0.25, 0.3) is 11.0 Å². The topological polar surface area (TPSA) is 47.3 Å². The molecule has 1 N–H and O–H groups in total. The van der Waals surface area contributed by atoms with E-state index in [4.69, 9.17) is 4.74 Å². The third kappa shape index (κ3) is 4.18. The molecule has 1 heterocycles. The molecule has 3 aromatic rings. The van der Waals surface area contributed by atoms with Gasteiger partial charge in [-0.2, -0.15) is 13.2 Å². The molecule has 132 valence electrons. The van der Waals surface area contributed by atoms with E-state index in [1.807, 2.05) is 30.3 Å². The molecule has 1 unspecified atom stereocenters. The van der Waals surface area contributed by atoms with Gasteiger partial charge < -0.3 is 14.4 Å². The molecule has 0 saturated heterocycles. The second-order valence-corrected chi connectivity index (χ2v) is 5.69. The zero-order valence-corrected chi connectivity index (χ0v) is 13.3. The number of aliphatic hydroxyl groups is 1. The molecule has 1 aromatic heterocycles. The summed E-state index contributed by atoms with van der Waals surface area (Å²) in [4.78, 5) is 3.65. The maximum absolute atomic E-state index is 13.2. The third-order valence-corrected chi connectivity index (χ3v) is 3.72. The highest BCUT2D eigenvalue weighted by molar-refractivity contribution is 5.76. The molecule has 25 heavy (non-hydrogen) atoms. The van der Waals surface area contributed by atoms with Crippen LogP contribution in [-0.2, 0) is 24.1 Å². The van der Waals surface area contributed by atoms with Gasteiger partial charge in [0.2, 0.25) is 5.82 Å². The number of aromatic nitrogens is 2. The van der Waals surface area contributed by atoms with E-state index in [-0.39, 0.29) is 25.3 Å². The Balaban J connectivity index is 1.71. The monoisotopic (exact) mass is 350 g/mol. The lowest BCUT2D eigenvalue weighted by molar-refractivity contribution is -0.147. The molecule has 2 aromatic carbocycles. The lowest BCUT2D eigenvalue weighted by Gasteiger charge is -2.16. The minimum atomic E-state index is -4.59. The Morgan fingerprint density at radius 1 is 1.04 bits per heavy atom. The predicted octanol–water partition coefficient (Wildman–Crippen LogP) is 3.63. The first-order valence-corrected chi connectivity index (χ1v) is 7.77. The summed E-state index contributed by atoms with van der Waals surface area (Å²) in [5.41, 5.74) is 1.50. The first-order chi connectivity index (χ1) is 11.9. The van der Waals surface area contributed by atoms with Crippen molar-refractivity contribution in [3.05, 3.63) is 66.0 Å². The minimum Gasteiger partial charge on any atom is -0.389 e. The number of fused-ring (bicyclic) bond motifs is 1. The molecule has 1 atom stereocenters. The van der Waals surface area contributed by atoms with E-state index in [0.29, 0.717) is 5.52 Å². The lowest BCUT2D eigenvalue weighted by Crippen LogP contribution is -2.25. The fourth-order valence-corrected chi connectivity index (χ4v) is 2.63. The number of para-hydroxylation sites is 2. The summed E-state index contributed by atoms with van der Waals surface area (Å²) in [7, 11) is 0. The van der Waals surface area contributed by atoms with Gasteiger partial charge in [0.1, 0.15) is 0 Å². The highest BCUT2D eigenvalue weighted by Crippen LogP contribution is 2.31. The molecule has 4 nitrogen and oxygen atoms in total. The average molecular weight is 350 g/mol. The van der Waals surface area contributed by atoms with Crippen LogP contribution in [0.1, 0.15) is 11.4 Å². The largest absolute Gasteiger partial charge is 0.449 e. The number of hydrogen-bond acceptors (Lipinski definition) is 3. The normalized spacial score (nSPS) is 13.3. The van der Waals surface area contributed by atoms with Gasteiger partial charge >= 0.3 is 6.18 Å². The van der Waals surface area contributed by atoms with Crippen molar-refractivity contribution in [3.8, 4) is 0 Å². The maximum Gasteiger partial charge on any atom is 0.449 e. The van der Waals surface area contributed by atoms with E-state index in [0.717, 1.165) is 10.1 Å². The number of rotatable bonds is 6. The summed E-state index contributed by atoms with van der Waals surface area (Å²) in [6.07, 6.45) is -5.67. The van der Waals surface area contributed by atoms with Gasteiger partial charge in [-0.25, -0.2) is 4.98 Å². The number of nitrogens with zero attached hydrogens (tertiary/aromatic N) is 2. The van der Waals surface area contributed by atoms with Gasteiger partial charge in [-0.1, -0.05) is 42.5 Å². The van der Waals surface area contributed by atoms with Crippen molar-refractivity contribution in [3.63, 3.8) is 0 Å². The molecular weight excluding hydrogens is 333 g/mol. The van der Waals surface area contributed by atoms with Gasteiger partial charge in [0.05, 0.1) is 36.9 Å². The molecule has 0 saturated carbocycles. The predicted molar refractivity (Wildman–Crippen MR) is 86.8 cm³/mol. The molecule has 0 aliphatic heterocycles. The van der Waals surface area contributed by atoms with E-state index in [9.17, 15) is 18.3 Å². The molecule has 0 radical (unpaired) electrons. The standard InChI is InChI=1S/C18H17F3N2O2/c19-18(20,21)17-22-15-8-4-5-9-16(15)23(17)10-14(24)12-25-11-13-6-2-1-3-7-13/h1-9,14,24H,10-12H2. The smallest absolute Gasteiger partial charge is 0.389 e. The van der Waals surface area contributed by atoms with Crippen molar-refractivity contribution in [2.45, 2.75) is 25.4 Å². The molecule has 3 rings (SSSR count). The second-order valence-electron chi connectivity index (χ2n) is 5.69. The molecule has 0 bridgehead atoms. The highest BCUT2D eigenvalue weighted by Gasteiger charge is 2.37. The van der Waals surface area contributed by atoms with E-state index in [2.05, 4.69) is 4.98 Å². The van der Waals surface area contributed by atoms with Gasteiger partial charge in [-0.15, -0.1) is 0 Å². The highest BCUT2D eigenvalue weighted by atomic mass is 19.4. The zero-order chi connectivity index (χ0) is 17.9. The summed E-state index contributed by atoms with van der Waals surface area (Å²) < 4.78 is 46.0. The van der Waals surface area contributed by atoms with E-state index >= 15 is 0 Å². The summed E-state index contributed by atoms with van der Waals surface area (Å²) in [6, 6.07) is 15.7. The molecule has 7 heteroatoms. The van der Waals surface area contributed by atoms with Crippen LogP contribution in [0.15, 0.2) is 54.6 Å². The summed E-state index contributed by atoms with van der Waals surface area (Å²) in [5.74, 6) is -1.02. The van der Waals surface area contributed by atoms with Gasteiger partial charge in [0.25, 0.3) is 0 Å². The Hall–Kier alpha value is -2.38. The number of hydrogen-bond donors (Lipinski definition) is 1. The average Bonchev–Trinajstić information content (AvgIpc) is 2.95. The minimum absolute atomic E-state index is 0.0707. The number of alkyl halides is 3. The Morgan fingerprint density at radius 2 is 1.72 bits per heavy atom. The fourth-order valence-electron chi connectivity index (χ4n) is 2.63. The Labute approximate surface area is 142 Å². The lowest BCUT2D eigenvalue weighted by atomic mass is 10.2. The number of ether oxygens (including phenoxy) is 1. The van der Waals surface area contributed by atoms with Crippen molar-refractivity contribution < 1.29 is 23.0 Å². The van der Waals surface area contributed by atoms with Crippen LogP contribution in [0.2, 0.25) is 0 Å². The SMILES string of the molecule is OC(COCc1ccccc1)Cn1c(C(F)(F)F)nc2ccccc21. The number of aliphatic hydroxyl groups excluding tert-OH is 1. The van der Waals surface area contributed by atoms with E-state index in [1.165, 1.54) is 6.07 Å². The zero-order valence-electron chi connectivity index (χ0n) is 13.3. The summed E-state index contributed by atoms with van der Waals surface area (Å²) in [5, 5.41) is 10.1. The third-order valence-electron chi connectivity index (χ3n) is 3.72. The van der Waals surface area contributed by atoms with Crippen LogP contribution < -0.4 is 0 Å². The number of benzene rings is 2. The number of halogens is 3. The van der Waals surface area contributed by atoms with Crippen LogP contribution in [-0.4, -0.2) is 27.4 Å². The van der Waals surface area contributed by atoms with Gasteiger partial charge in [-0.05, 0) is 17.7 Å². The summed E-state index contributed by atoms with van der Waals surface area (Å²) >= 11 is 0. The van der Waals surface area contributed by atoms with Gasteiger partial charge in [-0.3, -0.25) is 0 Å². The Kier molecular flexibility index (Phi) is 5.06. The van der Waals surface area contributed by atoms with Crippen molar-refractivity contribution in [2.75, 3.05) is 6.61 Å². The maximum atomic E-state index is 13.2. The molecule has 0 aliphatic carbocycles. The van der Waals surface area contributed by atoms with E-state index in [1.54, 1.807) is 18.2 Å². The Morgan fingerprint density at radius 3 is 2.44 bits per heavy atom.